The van der Waals surface area contributed by atoms with E-state index in [-0.39, 0.29) is 49.1 Å². The molecule has 0 aromatic heterocycles. The van der Waals surface area contributed by atoms with Crippen LogP contribution in [0.5, 0.6) is 11.5 Å². The molecule has 0 spiro atoms. The lowest BCUT2D eigenvalue weighted by Gasteiger charge is -2.50. The van der Waals surface area contributed by atoms with Gasteiger partial charge in [0.2, 0.25) is 11.8 Å². The fourth-order valence-electron chi connectivity index (χ4n) is 9.02. The second-order valence-electron chi connectivity index (χ2n) is 14.1. The Balaban J connectivity index is 1.34. The van der Waals surface area contributed by atoms with Crippen LogP contribution in [0.1, 0.15) is 61.1 Å². The number of carboxylic acids is 1. The molecule has 51 heavy (non-hydrogen) atoms. The third-order valence-electron chi connectivity index (χ3n) is 11.3. The van der Waals surface area contributed by atoms with Crippen molar-refractivity contribution in [2.75, 3.05) is 19.1 Å². The van der Waals surface area contributed by atoms with Crippen LogP contribution in [-0.4, -0.2) is 63.4 Å². The predicted molar refractivity (Wildman–Crippen MR) is 186 cm³/mol. The average Bonchev–Trinajstić information content (AvgIpc) is 3.49. The van der Waals surface area contributed by atoms with Gasteiger partial charge in [-0.2, -0.15) is 5.01 Å². The van der Waals surface area contributed by atoms with Crippen molar-refractivity contribution < 1.29 is 38.9 Å². The van der Waals surface area contributed by atoms with Crippen LogP contribution in [0.25, 0.3) is 0 Å². The molecule has 4 aliphatic rings. The number of amides is 4. The molecule has 2 saturated heterocycles. The number of nitrogens with zero attached hydrogens (tertiary/aromatic N) is 2. The molecule has 1 saturated carbocycles. The van der Waals surface area contributed by atoms with E-state index in [1.807, 2.05) is 55.5 Å². The molecule has 0 bridgehead atoms. The number of carbonyl (C=O) groups excluding carboxylic acids is 4. The quantitative estimate of drug-likeness (QED) is 0.137. The van der Waals surface area contributed by atoms with E-state index in [1.54, 1.807) is 30.3 Å². The zero-order valence-electron chi connectivity index (χ0n) is 28.6. The highest BCUT2D eigenvalue weighted by Gasteiger charge is 2.70. The Bertz CT molecular complexity index is 1930. The summed E-state index contributed by atoms with van der Waals surface area (Å²) < 4.78 is 5.35. The van der Waals surface area contributed by atoms with Crippen molar-refractivity contribution in [2.45, 2.75) is 56.8 Å². The maximum atomic E-state index is 15.2. The summed E-state index contributed by atoms with van der Waals surface area (Å²) in [6.45, 7) is 2.15. The number of fused-ring (bicyclic) bond motifs is 4. The third-order valence-corrected chi connectivity index (χ3v) is 11.3. The molecule has 0 radical (unpaired) electrons. The number of imide groups is 2. The van der Waals surface area contributed by atoms with Gasteiger partial charge in [-0.05, 0) is 73.9 Å². The number of benzene rings is 3. The van der Waals surface area contributed by atoms with Gasteiger partial charge >= 0.3 is 5.97 Å². The van der Waals surface area contributed by atoms with Crippen molar-refractivity contribution in [1.29, 1.82) is 0 Å². The Morgan fingerprint density at radius 2 is 1.67 bits per heavy atom. The van der Waals surface area contributed by atoms with Crippen LogP contribution in [0, 0.1) is 30.6 Å². The van der Waals surface area contributed by atoms with Crippen molar-refractivity contribution in [3.63, 3.8) is 0 Å². The number of carbonyl (C=O) groups is 5. The number of nitrogens with one attached hydrogen (secondary N) is 1. The number of allylic oxidation sites excluding steroid dienone is 2. The van der Waals surface area contributed by atoms with Crippen molar-refractivity contribution in [3.05, 3.63) is 101 Å². The van der Waals surface area contributed by atoms with Gasteiger partial charge in [0.05, 0.1) is 36.0 Å². The number of aliphatic carboxylic acids is 1. The Hall–Kier alpha value is -5.45. The van der Waals surface area contributed by atoms with Crippen LogP contribution in [0.4, 0.5) is 5.69 Å². The lowest BCUT2D eigenvalue weighted by molar-refractivity contribution is -0.141. The molecule has 3 N–H and O–H groups in total. The minimum atomic E-state index is -1.44. The lowest BCUT2D eigenvalue weighted by atomic mass is 9.49. The summed E-state index contributed by atoms with van der Waals surface area (Å²) in [6.07, 6.45) is 3.98. The molecule has 6 atom stereocenters. The minimum Gasteiger partial charge on any atom is -0.504 e. The molecular formula is C40H41N3O8. The number of ether oxygens (including phenoxy) is 1. The van der Waals surface area contributed by atoms with Crippen LogP contribution < -0.4 is 10.2 Å². The van der Waals surface area contributed by atoms with Gasteiger partial charge < -0.3 is 14.9 Å². The molecule has 0 unspecified atom stereocenters. The first-order valence-corrected chi connectivity index (χ1v) is 17.5. The van der Waals surface area contributed by atoms with Crippen LogP contribution in [-0.2, 0) is 29.4 Å². The van der Waals surface area contributed by atoms with Gasteiger partial charge in [-0.25, -0.2) is 0 Å². The first-order valence-electron chi connectivity index (χ1n) is 17.5. The van der Waals surface area contributed by atoms with Gasteiger partial charge in [-0.1, -0.05) is 72.2 Å². The smallest absolute Gasteiger partial charge is 0.303 e. The SMILES string of the molecule is COc1ccc([C@H]2C3=CC[C@@H]4C(=O)N(CCCCCC(=O)O)C(=O)[C@@H]4[C@@H]3C[C@H]3C(=O)N(Nc4ccc(C)cc4)C(=O)[C@@]23c2ccccc2)cc1O. The molecule has 7 rings (SSSR count). The average molecular weight is 692 g/mol. The number of anilines is 1. The van der Waals surface area contributed by atoms with Crippen molar-refractivity contribution >= 4 is 35.3 Å². The topological polar surface area (TPSA) is 154 Å². The van der Waals surface area contributed by atoms with Crippen LogP contribution in [0.2, 0.25) is 0 Å². The maximum absolute atomic E-state index is 15.2. The molecule has 11 heteroatoms. The standard InChI is InChI=1S/C40H41N3O8/c1-23-12-15-26(16-13-23)41-43-37(48)30-22-29-27(17-18-28-34(29)38(49)42(36(28)47)20-8-4-7-11-33(45)46)35(24-14-19-32(51-2)31(44)21-24)40(30,39(43)50)25-9-5-3-6-10-25/h3,5-6,9-10,12-17,19,21,28-30,34-35,41,44H,4,7-8,11,18,20,22H2,1-2H3,(H,45,46)/t28-,29+,30-,34-,35-,40+/m0/s1. The van der Waals surface area contributed by atoms with Gasteiger partial charge in [-0.15, -0.1) is 0 Å². The number of unbranched alkanes of at least 4 members (excludes halogenated alkanes) is 2. The van der Waals surface area contributed by atoms with Crippen molar-refractivity contribution in [1.82, 2.24) is 9.91 Å². The molecule has 3 fully saturated rings. The Morgan fingerprint density at radius 3 is 2.35 bits per heavy atom. The molecule has 3 aromatic rings. The van der Waals surface area contributed by atoms with Crippen LogP contribution in [0.15, 0.2) is 84.4 Å². The Labute approximate surface area is 295 Å². The molecular weight excluding hydrogens is 650 g/mol. The van der Waals surface area contributed by atoms with E-state index in [2.05, 4.69) is 5.43 Å². The summed E-state index contributed by atoms with van der Waals surface area (Å²) in [5.41, 5.74) is 5.25. The number of likely N-dealkylation sites (tertiary alicyclic amines) is 1. The number of aryl methyl sites for hydroxylation is 1. The summed E-state index contributed by atoms with van der Waals surface area (Å²) in [5.74, 6) is -5.71. The van der Waals surface area contributed by atoms with E-state index in [0.717, 1.165) is 16.1 Å². The number of hydrogen-bond donors (Lipinski definition) is 3. The van der Waals surface area contributed by atoms with Crippen LogP contribution >= 0.6 is 0 Å². The Kier molecular flexibility index (Phi) is 8.91. The highest BCUT2D eigenvalue weighted by atomic mass is 16.5. The van der Waals surface area contributed by atoms with Gasteiger partial charge in [-0.3, -0.25) is 34.3 Å². The van der Waals surface area contributed by atoms with Crippen LogP contribution in [0.3, 0.4) is 0 Å². The lowest BCUT2D eigenvalue weighted by Crippen LogP contribution is -2.53. The number of phenols is 1. The second kappa shape index (κ2) is 13.4. The maximum Gasteiger partial charge on any atom is 0.303 e. The zero-order chi connectivity index (χ0) is 36.0. The zero-order valence-corrected chi connectivity index (χ0v) is 28.6. The van der Waals surface area contributed by atoms with E-state index in [1.165, 1.54) is 12.0 Å². The van der Waals surface area contributed by atoms with E-state index in [9.17, 15) is 24.3 Å². The summed E-state index contributed by atoms with van der Waals surface area (Å²) in [4.78, 5) is 70.2. The van der Waals surface area contributed by atoms with Gasteiger partial charge in [0.15, 0.2) is 11.5 Å². The summed E-state index contributed by atoms with van der Waals surface area (Å²) in [5, 5.41) is 21.2. The normalized spacial score (nSPS) is 26.8. The van der Waals surface area contributed by atoms with Crippen molar-refractivity contribution in [2.24, 2.45) is 23.7 Å². The highest BCUT2D eigenvalue weighted by molar-refractivity contribution is 6.13. The largest absolute Gasteiger partial charge is 0.504 e. The number of hydrogen-bond acceptors (Lipinski definition) is 8. The van der Waals surface area contributed by atoms with E-state index >= 15 is 4.79 Å². The van der Waals surface area contributed by atoms with E-state index in [4.69, 9.17) is 9.84 Å². The molecule has 3 aromatic carbocycles. The van der Waals surface area contributed by atoms with Gasteiger partial charge in [0, 0.05) is 18.9 Å². The molecule has 2 aliphatic heterocycles. The fraction of sp³-hybridized carbons (Fsp3) is 0.375. The first kappa shape index (κ1) is 34.0. The number of rotatable bonds is 11. The van der Waals surface area contributed by atoms with E-state index < -0.39 is 52.8 Å². The summed E-state index contributed by atoms with van der Waals surface area (Å²) in [6, 6.07) is 21.6. The molecule has 264 valence electrons. The van der Waals surface area contributed by atoms with Gasteiger partial charge in [0.25, 0.3) is 11.8 Å². The molecule has 2 heterocycles. The number of phenolic OH excluding ortho intramolecular Hbond substituents is 1. The van der Waals surface area contributed by atoms with E-state index in [0.29, 0.717) is 36.1 Å². The summed E-state index contributed by atoms with van der Waals surface area (Å²) in [7, 11) is 1.45. The molecule has 4 amide bonds. The first-order chi connectivity index (χ1) is 24.6. The third kappa shape index (κ3) is 5.55. The number of carboxylic acid groups (broad SMARTS) is 1. The second-order valence-corrected chi connectivity index (χ2v) is 14.1. The van der Waals surface area contributed by atoms with Gasteiger partial charge in [0.1, 0.15) is 0 Å². The number of hydrazine groups is 1. The number of methoxy groups -OCH3 is 1. The Morgan fingerprint density at radius 1 is 0.922 bits per heavy atom. The highest BCUT2D eigenvalue weighted by Crippen LogP contribution is 2.64. The van der Waals surface area contributed by atoms with Crippen molar-refractivity contribution in [3.8, 4) is 11.5 Å². The monoisotopic (exact) mass is 691 g/mol. The number of aromatic hydroxyl groups is 1. The fourth-order valence-corrected chi connectivity index (χ4v) is 9.02. The predicted octanol–water partition coefficient (Wildman–Crippen LogP) is 5.34. The summed E-state index contributed by atoms with van der Waals surface area (Å²) >= 11 is 0. The molecule has 11 nitrogen and oxygen atoms in total. The molecule has 2 aliphatic carbocycles. The minimum absolute atomic E-state index is 0.0257.